The molecule has 0 spiro atoms. The van der Waals surface area contributed by atoms with Gasteiger partial charge in [-0.2, -0.15) is 0 Å². The first-order valence-corrected chi connectivity index (χ1v) is 10.2. The summed E-state index contributed by atoms with van der Waals surface area (Å²) in [5.41, 5.74) is 8.24. The molecule has 0 nitrogen and oxygen atoms in total. The molecule has 0 bridgehead atoms. The minimum atomic E-state index is -0.154. The fraction of sp³-hybridized carbons (Fsp3) is 0.286. The van der Waals surface area contributed by atoms with Crippen molar-refractivity contribution in [3.63, 3.8) is 0 Å². The molecule has 0 aliphatic rings. The van der Waals surface area contributed by atoms with E-state index in [4.69, 9.17) is 0 Å². The molecular formula is C28H35F. The normalized spacial score (nSPS) is 11.1. The number of hydrogen-bond donors (Lipinski definition) is 0. The first kappa shape index (κ1) is 24.4. The maximum atomic E-state index is 14.0. The molecule has 0 atom stereocenters. The van der Waals surface area contributed by atoms with Gasteiger partial charge < -0.3 is 0 Å². The first-order valence-electron chi connectivity index (χ1n) is 10.2. The molecule has 0 fully saturated rings. The lowest BCUT2D eigenvalue weighted by molar-refractivity contribution is 0.623. The van der Waals surface area contributed by atoms with Crippen molar-refractivity contribution in [1.29, 1.82) is 0 Å². The van der Waals surface area contributed by atoms with Crippen molar-refractivity contribution >= 4 is 11.1 Å². The fourth-order valence-corrected chi connectivity index (χ4v) is 2.98. The smallest absolute Gasteiger partial charge is 0.124 e. The largest absolute Gasteiger partial charge is 0.207 e. The minimum Gasteiger partial charge on any atom is -0.207 e. The molecular weight excluding hydrogens is 355 g/mol. The Labute approximate surface area is 177 Å². The Hall–Kier alpha value is -2.67. The van der Waals surface area contributed by atoms with Crippen LogP contribution in [0.2, 0.25) is 0 Å². The average Bonchev–Trinajstić information content (AvgIpc) is 2.70. The molecule has 0 amide bonds. The zero-order valence-electron chi connectivity index (χ0n) is 18.7. The maximum Gasteiger partial charge on any atom is 0.124 e. The van der Waals surface area contributed by atoms with Crippen molar-refractivity contribution in [2.45, 2.75) is 53.9 Å². The summed E-state index contributed by atoms with van der Waals surface area (Å²) in [6, 6.07) is 16.6. The van der Waals surface area contributed by atoms with Crippen LogP contribution in [0.15, 0.2) is 85.2 Å². The number of benzene rings is 2. The predicted octanol–water partition coefficient (Wildman–Crippen LogP) is 9.03. The van der Waals surface area contributed by atoms with E-state index in [-0.39, 0.29) is 5.83 Å². The zero-order chi connectivity index (χ0) is 22.0. The number of halogens is 1. The highest BCUT2D eigenvalue weighted by Gasteiger charge is 2.10. The number of hydrogen-bond acceptors (Lipinski definition) is 0. The summed E-state index contributed by atoms with van der Waals surface area (Å²) < 4.78 is 14.0. The van der Waals surface area contributed by atoms with Crippen molar-refractivity contribution in [2.75, 3.05) is 0 Å². The van der Waals surface area contributed by atoms with Gasteiger partial charge in [0.15, 0.2) is 0 Å². The molecule has 0 unspecified atom stereocenters. The third kappa shape index (κ3) is 8.07. The van der Waals surface area contributed by atoms with Crippen LogP contribution in [-0.2, 0) is 0 Å². The maximum absolute atomic E-state index is 14.0. The molecule has 0 radical (unpaired) electrons. The average molecular weight is 391 g/mol. The highest BCUT2D eigenvalue weighted by Crippen LogP contribution is 2.29. The SMILES string of the molecule is C=C(C)/C(F)=C(\CC)CCC(=C)c1ccccc1C(=C)C.Cc1ccc(C)cc1. The van der Waals surface area contributed by atoms with E-state index in [0.29, 0.717) is 18.4 Å². The molecule has 0 saturated heterocycles. The molecule has 0 N–H and O–H groups in total. The van der Waals surface area contributed by atoms with E-state index in [0.717, 1.165) is 34.3 Å². The molecule has 0 heterocycles. The first-order chi connectivity index (χ1) is 13.7. The van der Waals surface area contributed by atoms with Gasteiger partial charge in [0.25, 0.3) is 0 Å². The van der Waals surface area contributed by atoms with Crippen LogP contribution in [0.25, 0.3) is 11.1 Å². The Balaban J connectivity index is 0.000000436. The Kier molecular flexibility index (Phi) is 10.1. The van der Waals surface area contributed by atoms with Crippen LogP contribution in [0.3, 0.4) is 0 Å². The third-order valence-electron chi connectivity index (χ3n) is 4.83. The van der Waals surface area contributed by atoms with Crippen molar-refractivity contribution < 1.29 is 4.39 Å². The Morgan fingerprint density at radius 2 is 1.28 bits per heavy atom. The van der Waals surface area contributed by atoms with Gasteiger partial charge >= 0.3 is 0 Å². The predicted molar refractivity (Wildman–Crippen MR) is 129 cm³/mol. The van der Waals surface area contributed by atoms with Crippen molar-refractivity contribution in [2.24, 2.45) is 0 Å². The summed E-state index contributed by atoms with van der Waals surface area (Å²) in [7, 11) is 0. The zero-order valence-corrected chi connectivity index (χ0v) is 18.7. The molecule has 154 valence electrons. The molecule has 2 aromatic rings. The Bertz CT molecular complexity index is 858. The number of allylic oxidation sites excluding steroid dienone is 5. The standard InChI is InChI=1S/C20H25F.C8H10/c1-7-17(20(21)15(4)5)13-12-16(6)19-11-9-8-10-18(19)14(2)3;1-7-3-5-8(2)6-4-7/h8-11H,2,4,6-7,12-13H2,1,3,5H3;3-6H,1-2H3/b20-17-;. The Morgan fingerprint density at radius 3 is 1.69 bits per heavy atom. The van der Waals surface area contributed by atoms with Gasteiger partial charge in [0.2, 0.25) is 0 Å². The summed E-state index contributed by atoms with van der Waals surface area (Å²) in [6.07, 6.45) is 2.13. The lowest BCUT2D eigenvalue weighted by Crippen LogP contribution is -1.93. The second-order valence-corrected chi connectivity index (χ2v) is 7.64. The van der Waals surface area contributed by atoms with Gasteiger partial charge in [-0.15, -0.1) is 0 Å². The fourth-order valence-electron chi connectivity index (χ4n) is 2.98. The van der Waals surface area contributed by atoms with Gasteiger partial charge in [0, 0.05) is 0 Å². The van der Waals surface area contributed by atoms with E-state index in [2.05, 4.69) is 63.9 Å². The van der Waals surface area contributed by atoms with Crippen LogP contribution in [-0.4, -0.2) is 0 Å². The second-order valence-electron chi connectivity index (χ2n) is 7.64. The van der Waals surface area contributed by atoms with Crippen LogP contribution >= 0.6 is 0 Å². The van der Waals surface area contributed by atoms with E-state index < -0.39 is 0 Å². The van der Waals surface area contributed by atoms with E-state index in [9.17, 15) is 4.39 Å². The van der Waals surface area contributed by atoms with Crippen LogP contribution in [0.4, 0.5) is 4.39 Å². The van der Waals surface area contributed by atoms with Gasteiger partial charge in [-0.1, -0.05) is 91.9 Å². The minimum absolute atomic E-state index is 0.154. The van der Waals surface area contributed by atoms with Crippen LogP contribution in [0.5, 0.6) is 0 Å². The number of rotatable bonds is 7. The van der Waals surface area contributed by atoms with Crippen molar-refractivity contribution in [3.8, 4) is 0 Å². The molecule has 0 aliphatic heterocycles. The van der Waals surface area contributed by atoms with Gasteiger partial charge in [-0.05, 0) is 74.8 Å². The van der Waals surface area contributed by atoms with Gasteiger partial charge in [0.05, 0.1) is 0 Å². The highest BCUT2D eigenvalue weighted by molar-refractivity contribution is 5.77. The van der Waals surface area contributed by atoms with Crippen LogP contribution < -0.4 is 0 Å². The summed E-state index contributed by atoms with van der Waals surface area (Å²) in [5.74, 6) is -0.154. The quantitative estimate of drug-likeness (QED) is 0.414. The van der Waals surface area contributed by atoms with Gasteiger partial charge in [-0.3, -0.25) is 0 Å². The molecule has 0 saturated carbocycles. The monoisotopic (exact) mass is 390 g/mol. The second kappa shape index (κ2) is 12.0. The van der Waals surface area contributed by atoms with Crippen molar-refractivity contribution in [3.05, 3.63) is 107 Å². The third-order valence-corrected chi connectivity index (χ3v) is 4.83. The lowest BCUT2D eigenvalue weighted by Gasteiger charge is -2.13. The molecule has 0 aliphatic carbocycles. The molecule has 1 heteroatoms. The van der Waals surface area contributed by atoms with Gasteiger partial charge in [0.1, 0.15) is 5.83 Å². The lowest BCUT2D eigenvalue weighted by atomic mass is 9.92. The van der Waals surface area contributed by atoms with Crippen LogP contribution in [0.1, 0.15) is 62.3 Å². The van der Waals surface area contributed by atoms with E-state index in [1.807, 2.05) is 32.0 Å². The molecule has 2 rings (SSSR count). The highest BCUT2D eigenvalue weighted by atomic mass is 19.1. The van der Waals surface area contributed by atoms with Gasteiger partial charge in [-0.25, -0.2) is 4.39 Å². The van der Waals surface area contributed by atoms with E-state index >= 15 is 0 Å². The van der Waals surface area contributed by atoms with Crippen molar-refractivity contribution in [1.82, 2.24) is 0 Å². The molecule has 29 heavy (non-hydrogen) atoms. The topological polar surface area (TPSA) is 0 Å². The Morgan fingerprint density at radius 1 is 0.793 bits per heavy atom. The summed E-state index contributed by atoms with van der Waals surface area (Å²) in [6.45, 7) is 21.7. The number of aryl methyl sites for hydroxylation is 2. The van der Waals surface area contributed by atoms with Crippen LogP contribution in [0, 0.1) is 13.8 Å². The van der Waals surface area contributed by atoms with E-state index in [1.165, 1.54) is 11.1 Å². The summed E-state index contributed by atoms with van der Waals surface area (Å²) >= 11 is 0. The summed E-state index contributed by atoms with van der Waals surface area (Å²) in [5, 5.41) is 0. The molecule has 2 aromatic carbocycles. The summed E-state index contributed by atoms with van der Waals surface area (Å²) in [4.78, 5) is 0. The van der Waals surface area contributed by atoms with E-state index in [1.54, 1.807) is 6.92 Å². The molecule has 0 aromatic heterocycles.